The zero-order valence-electron chi connectivity index (χ0n) is 9.92. The molecule has 1 heterocycles. The Hall–Kier alpha value is -0.640. The first kappa shape index (κ1) is 12.4. The molecule has 1 rings (SSSR count). The van der Waals surface area contributed by atoms with E-state index in [1.807, 2.05) is 23.4 Å². The van der Waals surface area contributed by atoms with Crippen molar-refractivity contribution in [3.05, 3.63) is 5.69 Å². The Morgan fingerprint density at radius 2 is 2.07 bits per heavy atom. The number of aryl methyl sites for hydroxylation is 2. The van der Waals surface area contributed by atoms with E-state index in [0.717, 1.165) is 35.1 Å². The lowest BCUT2D eigenvalue weighted by molar-refractivity contribution is 0.556. The van der Waals surface area contributed by atoms with Crippen LogP contribution in [0, 0.1) is 6.92 Å². The lowest BCUT2D eigenvalue weighted by atomic mass is 10.4. The second-order valence-electron chi connectivity index (χ2n) is 3.73. The molecule has 0 unspecified atom stereocenters. The molecule has 2 N–H and O–H groups in total. The average Bonchev–Trinajstić information content (AvgIpc) is 2.47. The fourth-order valence-electron chi connectivity index (χ4n) is 1.40. The summed E-state index contributed by atoms with van der Waals surface area (Å²) in [6, 6.07) is 0. The number of hydrogen-bond donors (Lipinski definition) is 1. The number of hydrogen-bond acceptors (Lipinski definition) is 3. The predicted octanol–water partition coefficient (Wildman–Crippen LogP) is 3.08. The Kier molecular flexibility index (Phi) is 5.02. The van der Waals surface area contributed by atoms with E-state index in [2.05, 4.69) is 18.9 Å². The molecule has 0 radical (unpaired) electrons. The molecule has 86 valence electrons. The van der Waals surface area contributed by atoms with Crippen molar-refractivity contribution in [3.63, 3.8) is 0 Å². The molecule has 0 fully saturated rings. The molecule has 3 nitrogen and oxygen atoms in total. The van der Waals surface area contributed by atoms with Crippen LogP contribution in [-0.4, -0.2) is 15.5 Å². The number of nitrogens with two attached hydrogens (primary N) is 1. The Balaban J connectivity index is 2.73. The molecule has 0 spiro atoms. The Morgan fingerprint density at radius 1 is 1.33 bits per heavy atom. The lowest BCUT2D eigenvalue weighted by Gasteiger charge is -2.05. The summed E-state index contributed by atoms with van der Waals surface area (Å²) in [7, 11) is 0. The summed E-state index contributed by atoms with van der Waals surface area (Å²) in [5.41, 5.74) is 7.84. The summed E-state index contributed by atoms with van der Waals surface area (Å²) in [6.45, 7) is 7.31. The largest absolute Gasteiger partial charge is 0.395 e. The van der Waals surface area contributed by atoms with Crippen LogP contribution < -0.4 is 5.73 Å². The molecule has 0 aliphatic carbocycles. The third kappa shape index (κ3) is 3.16. The highest BCUT2D eigenvalue weighted by atomic mass is 32.2. The first-order chi connectivity index (χ1) is 7.20. The minimum Gasteiger partial charge on any atom is -0.395 e. The molecule has 1 aromatic heterocycles. The summed E-state index contributed by atoms with van der Waals surface area (Å²) in [5.74, 6) is 1.13. The van der Waals surface area contributed by atoms with Crippen molar-refractivity contribution in [1.29, 1.82) is 0 Å². The topological polar surface area (TPSA) is 43.8 Å². The van der Waals surface area contributed by atoms with Gasteiger partial charge in [-0.1, -0.05) is 20.3 Å². The van der Waals surface area contributed by atoms with E-state index in [1.165, 1.54) is 12.8 Å². The molecule has 0 saturated heterocycles. The van der Waals surface area contributed by atoms with Crippen LogP contribution in [-0.2, 0) is 6.54 Å². The molecule has 1 aromatic rings. The van der Waals surface area contributed by atoms with Crippen LogP contribution in [0.4, 0.5) is 5.69 Å². The third-order valence-corrected chi connectivity index (χ3v) is 3.49. The van der Waals surface area contributed by atoms with Gasteiger partial charge in [0.2, 0.25) is 0 Å². The minimum atomic E-state index is 0.865. The molecule has 4 heteroatoms. The van der Waals surface area contributed by atoms with Gasteiger partial charge in [-0.05, 0) is 25.5 Å². The van der Waals surface area contributed by atoms with Crippen LogP contribution in [0.15, 0.2) is 5.03 Å². The van der Waals surface area contributed by atoms with E-state index >= 15 is 0 Å². The molecule has 0 aliphatic rings. The van der Waals surface area contributed by atoms with E-state index in [1.54, 1.807) is 0 Å². The van der Waals surface area contributed by atoms with Crippen LogP contribution in [0.3, 0.4) is 0 Å². The van der Waals surface area contributed by atoms with Crippen molar-refractivity contribution in [3.8, 4) is 0 Å². The van der Waals surface area contributed by atoms with E-state index in [4.69, 9.17) is 5.73 Å². The van der Waals surface area contributed by atoms with Crippen LogP contribution in [0.25, 0.3) is 0 Å². The van der Waals surface area contributed by atoms with E-state index < -0.39 is 0 Å². The molecule has 0 saturated carbocycles. The zero-order valence-corrected chi connectivity index (χ0v) is 10.7. The quantitative estimate of drug-likeness (QED) is 0.600. The first-order valence-corrected chi connectivity index (χ1v) is 6.64. The number of nitrogen functional groups attached to an aromatic ring is 1. The monoisotopic (exact) mass is 227 g/mol. The van der Waals surface area contributed by atoms with Crippen LogP contribution in [0.5, 0.6) is 0 Å². The van der Waals surface area contributed by atoms with Crippen molar-refractivity contribution in [2.75, 3.05) is 11.5 Å². The SMILES string of the molecule is CCCCSc1c(N)c(C)nn1CCC. The number of rotatable bonds is 6. The van der Waals surface area contributed by atoms with Crippen LogP contribution in [0.2, 0.25) is 0 Å². The molecule has 0 amide bonds. The highest BCUT2D eigenvalue weighted by Gasteiger charge is 2.11. The third-order valence-electron chi connectivity index (χ3n) is 2.30. The van der Waals surface area contributed by atoms with Crippen molar-refractivity contribution in [1.82, 2.24) is 9.78 Å². The highest BCUT2D eigenvalue weighted by molar-refractivity contribution is 7.99. The van der Waals surface area contributed by atoms with Gasteiger partial charge in [0.1, 0.15) is 5.03 Å². The normalized spacial score (nSPS) is 10.9. The van der Waals surface area contributed by atoms with Gasteiger partial charge in [0.05, 0.1) is 11.4 Å². The maximum absolute atomic E-state index is 6.01. The number of unbranched alkanes of at least 4 members (excludes halogenated alkanes) is 1. The van der Waals surface area contributed by atoms with Gasteiger partial charge in [0, 0.05) is 6.54 Å². The number of anilines is 1. The van der Waals surface area contributed by atoms with E-state index in [-0.39, 0.29) is 0 Å². The fraction of sp³-hybridized carbons (Fsp3) is 0.727. The van der Waals surface area contributed by atoms with Gasteiger partial charge in [-0.25, -0.2) is 0 Å². The molecule has 0 aliphatic heterocycles. The Morgan fingerprint density at radius 3 is 2.67 bits per heavy atom. The molecule has 15 heavy (non-hydrogen) atoms. The molecular weight excluding hydrogens is 206 g/mol. The molecule has 0 bridgehead atoms. The molecule has 0 aromatic carbocycles. The smallest absolute Gasteiger partial charge is 0.117 e. The fourth-order valence-corrected chi connectivity index (χ4v) is 2.61. The van der Waals surface area contributed by atoms with Gasteiger partial charge in [-0.2, -0.15) is 5.10 Å². The summed E-state index contributed by atoms with van der Waals surface area (Å²) >= 11 is 1.83. The predicted molar refractivity (Wildman–Crippen MR) is 67.3 cm³/mol. The second-order valence-corrected chi connectivity index (χ2v) is 4.81. The number of thioether (sulfide) groups is 1. The van der Waals surface area contributed by atoms with Gasteiger partial charge in [-0.3, -0.25) is 4.68 Å². The first-order valence-electron chi connectivity index (χ1n) is 5.66. The zero-order chi connectivity index (χ0) is 11.3. The van der Waals surface area contributed by atoms with Gasteiger partial charge >= 0.3 is 0 Å². The average molecular weight is 227 g/mol. The van der Waals surface area contributed by atoms with Crippen LogP contribution >= 0.6 is 11.8 Å². The van der Waals surface area contributed by atoms with E-state index in [0.29, 0.717) is 0 Å². The second kappa shape index (κ2) is 6.05. The Bertz CT molecular complexity index is 307. The number of aromatic nitrogens is 2. The Labute approximate surface area is 96.4 Å². The van der Waals surface area contributed by atoms with Gasteiger partial charge in [0.15, 0.2) is 0 Å². The highest BCUT2D eigenvalue weighted by Crippen LogP contribution is 2.28. The van der Waals surface area contributed by atoms with Crippen molar-refractivity contribution >= 4 is 17.4 Å². The maximum Gasteiger partial charge on any atom is 0.117 e. The summed E-state index contributed by atoms with van der Waals surface area (Å²) < 4.78 is 2.05. The summed E-state index contributed by atoms with van der Waals surface area (Å²) in [6.07, 6.45) is 3.57. The summed E-state index contributed by atoms with van der Waals surface area (Å²) in [5, 5.41) is 5.60. The number of nitrogens with zero attached hydrogens (tertiary/aromatic N) is 2. The molecule has 0 atom stereocenters. The van der Waals surface area contributed by atoms with Crippen molar-refractivity contribution in [2.24, 2.45) is 0 Å². The molecular formula is C11H21N3S. The lowest BCUT2D eigenvalue weighted by Crippen LogP contribution is -2.01. The van der Waals surface area contributed by atoms with Crippen molar-refractivity contribution < 1.29 is 0 Å². The maximum atomic E-state index is 6.01. The van der Waals surface area contributed by atoms with E-state index in [9.17, 15) is 0 Å². The van der Waals surface area contributed by atoms with Gasteiger partial charge in [-0.15, -0.1) is 11.8 Å². The van der Waals surface area contributed by atoms with Gasteiger partial charge in [0.25, 0.3) is 0 Å². The van der Waals surface area contributed by atoms with Gasteiger partial charge < -0.3 is 5.73 Å². The standard InChI is InChI=1S/C11H21N3S/c1-4-6-8-15-11-10(12)9(3)13-14(11)7-5-2/h4-8,12H2,1-3H3. The summed E-state index contributed by atoms with van der Waals surface area (Å²) in [4.78, 5) is 0. The minimum absolute atomic E-state index is 0.865. The van der Waals surface area contributed by atoms with Crippen LogP contribution in [0.1, 0.15) is 38.8 Å². The van der Waals surface area contributed by atoms with Crippen molar-refractivity contribution in [2.45, 2.75) is 51.6 Å².